The SMILES string of the molecule is CCC1CCC(C(=O)N2CCCCC2CN)CC1.Cl. The van der Waals surface area contributed by atoms with Crippen molar-refractivity contribution in [2.45, 2.75) is 64.3 Å². The Kier molecular flexibility index (Phi) is 7.16. The first kappa shape index (κ1) is 16.8. The fraction of sp³-hybridized carbons (Fsp3) is 0.933. The van der Waals surface area contributed by atoms with Crippen LogP contribution in [0.2, 0.25) is 0 Å². The quantitative estimate of drug-likeness (QED) is 0.868. The minimum Gasteiger partial charge on any atom is -0.338 e. The van der Waals surface area contributed by atoms with Gasteiger partial charge in [0.1, 0.15) is 0 Å². The number of rotatable bonds is 3. The highest BCUT2D eigenvalue weighted by Crippen LogP contribution is 2.32. The Morgan fingerprint density at radius 2 is 1.84 bits per heavy atom. The molecule has 0 aromatic carbocycles. The molecule has 0 aromatic rings. The van der Waals surface area contributed by atoms with Crippen molar-refractivity contribution in [1.82, 2.24) is 4.90 Å². The largest absolute Gasteiger partial charge is 0.338 e. The summed E-state index contributed by atoms with van der Waals surface area (Å²) in [5, 5.41) is 0. The number of carbonyl (C=O) groups excluding carboxylic acids is 1. The van der Waals surface area contributed by atoms with Gasteiger partial charge in [-0.1, -0.05) is 13.3 Å². The molecule has 2 rings (SSSR count). The van der Waals surface area contributed by atoms with Gasteiger partial charge in [-0.15, -0.1) is 12.4 Å². The maximum atomic E-state index is 12.6. The minimum absolute atomic E-state index is 0. The van der Waals surface area contributed by atoms with Gasteiger partial charge in [-0.2, -0.15) is 0 Å². The first-order chi connectivity index (χ1) is 8.76. The van der Waals surface area contributed by atoms with Gasteiger partial charge < -0.3 is 10.6 Å². The molecular weight excluding hydrogens is 260 g/mol. The van der Waals surface area contributed by atoms with Crippen LogP contribution < -0.4 is 5.73 Å². The van der Waals surface area contributed by atoms with Gasteiger partial charge in [-0.3, -0.25) is 4.79 Å². The maximum Gasteiger partial charge on any atom is 0.225 e. The summed E-state index contributed by atoms with van der Waals surface area (Å²) in [4.78, 5) is 14.7. The van der Waals surface area contributed by atoms with Gasteiger partial charge >= 0.3 is 0 Å². The van der Waals surface area contributed by atoms with E-state index in [1.54, 1.807) is 0 Å². The number of carbonyl (C=O) groups is 1. The molecule has 1 heterocycles. The lowest BCUT2D eigenvalue weighted by Crippen LogP contribution is -2.50. The summed E-state index contributed by atoms with van der Waals surface area (Å²) >= 11 is 0. The Balaban J connectivity index is 0.00000180. The van der Waals surface area contributed by atoms with Crippen LogP contribution in [0, 0.1) is 11.8 Å². The Bertz CT molecular complexity index is 277. The van der Waals surface area contributed by atoms with E-state index in [4.69, 9.17) is 5.73 Å². The highest BCUT2D eigenvalue weighted by atomic mass is 35.5. The lowest BCUT2D eigenvalue weighted by Gasteiger charge is -2.39. The van der Waals surface area contributed by atoms with Gasteiger partial charge in [-0.05, 0) is 50.9 Å². The Morgan fingerprint density at radius 3 is 2.42 bits per heavy atom. The summed E-state index contributed by atoms with van der Waals surface area (Å²) in [6.45, 7) is 3.84. The van der Waals surface area contributed by atoms with Crippen LogP contribution in [0.3, 0.4) is 0 Å². The second-order valence-electron chi connectivity index (χ2n) is 6.04. The third-order valence-electron chi connectivity index (χ3n) is 4.96. The number of amides is 1. The molecule has 0 bridgehead atoms. The first-order valence-corrected chi connectivity index (χ1v) is 7.76. The van der Waals surface area contributed by atoms with Crippen molar-refractivity contribution in [2.24, 2.45) is 17.6 Å². The summed E-state index contributed by atoms with van der Waals surface area (Å²) in [7, 11) is 0. The number of hydrogen-bond donors (Lipinski definition) is 1. The highest BCUT2D eigenvalue weighted by Gasteiger charge is 2.32. The molecule has 2 N–H and O–H groups in total. The fourth-order valence-corrected chi connectivity index (χ4v) is 3.59. The van der Waals surface area contributed by atoms with E-state index in [0.29, 0.717) is 24.4 Å². The zero-order valence-electron chi connectivity index (χ0n) is 12.1. The monoisotopic (exact) mass is 288 g/mol. The molecule has 2 fully saturated rings. The van der Waals surface area contributed by atoms with Crippen LogP contribution in [-0.2, 0) is 4.79 Å². The van der Waals surface area contributed by atoms with E-state index in [-0.39, 0.29) is 12.4 Å². The fourth-order valence-electron chi connectivity index (χ4n) is 3.59. The van der Waals surface area contributed by atoms with Crippen molar-refractivity contribution in [1.29, 1.82) is 0 Å². The lowest BCUT2D eigenvalue weighted by atomic mass is 9.80. The molecule has 2 aliphatic rings. The molecule has 0 spiro atoms. The third-order valence-corrected chi connectivity index (χ3v) is 4.96. The molecular formula is C15H29ClN2O. The summed E-state index contributed by atoms with van der Waals surface area (Å²) in [5.41, 5.74) is 5.81. The van der Waals surface area contributed by atoms with Gasteiger partial charge in [0, 0.05) is 25.0 Å². The third kappa shape index (κ3) is 4.09. The zero-order chi connectivity index (χ0) is 13.0. The molecule has 0 aromatic heterocycles. The molecule has 1 saturated heterocycles. The predicted molar refractivity (Wildman–Crippen MR) is 81.4 cm³/mol. The molecule has 19 heavy (non-hydrogen) atoms. The molecule has 1 saturated carbocycles. The first-order valence-electron chi connectivity index (χ1n) is 7.76. The van der Waals surface area contributed by atoms with Crippen molar-refractivity contribution in [2.75, 3.05) is 13.1 Å². The molecule has 1 atom stereocenters. The van der Waals surface area contributed by atoms with Crippen LogP contribution in [0.4, 0.5) is 0 Å². The number of piperidine rings is 1. The Hall–Kier alpha value is -0.280. The molecule has 4 heteroatoms. The average molecular weight is 289 g/mol. The minimum atomic E-state index is 0. The summed E-state index contributed by atoms with van der Waals surface area (Å²) < 4.78 is 0. The van der Waals surface area contributed by atoms with Crippen LogP contribution in [0.1, 0.15) is 58.3 Å². The van der Waals surface area contributed by atoms with Crippen LogP contribution in [0.15, 0.2) is 0 Å². The van der Waals surface area contributed by atoms with Gasteiger partial charge in [0.05, 0.1) is 0 Å². The van der Waals surface area contributed by atoms with E-state index in [2.05, 4.69) is 11.8 Å². The van der Waals surface area contributed by atoms with Gasteiger partial charge in [0.2, 0.25) is 5.91 Å². The smallest absolute Gasteiger partial charge is 0.225 e. The van der Waals surface area contributed by atoms with E-state index in [1.165, 1.54) is 25.7 Å². The number of halogens is 1. The summed E-state index contributed by atoms with van der Waals surface area (Å²) in [6.07, 6.45) is 9.46. The highest BCUT2D eigenvalue weighted by molar-refractivity contribution is 5.85. The van der Waals surface area contributed by atoms with E-state index in [0.717, 1.165) is 38.1 Å². The van der Waals surface area contributed by atoms with Crippen LogP contribution in [0.5, 0.6) is 0 Å². The van der Waals surface area contributed by atoms with E-state index >= 15 is 0 Å². The van der Waals surface area contributed by atoms with Gasteiger partial charge in [-0.25, -0.2) is 0 Å². The van der Waals surface area contributed by atoms with Crippen molar-refractivity contribution in [3.63, 3.8) is 0 Å². The van der Waals surface area contributed by atoms with Crippen LogP contribution >= 0.6 is 12.4 Å². The molecule has 112 valence electrons. The van der Waals surface area contributed by atoms with E-state index in [9.17, 15) is 4.79 Å². The maximum absolute atomic E-state index is 12.6. The van der Waals surface area contributed by atoms with Crippen LogP contribution in [-0.4, -0.2) is 29.9 Å². The molecule has 3 nitrogen and oxygen atoms in total. The molecule has 0 radical (unpaired) electrons. The number of nitrogens with zero attached hydrogens (tertiary/aromatic N) is 1. The zero-order valence-corrected chi connectivity index (χ0v) is 13.0. The lowest BCUT2D eigenvalue weighted by molar-refractivity contribution is -0.140. The number of likely N-dealkylation sites (tertiary alicyclic amines) is 1. The summed E-state index contributed by atoms with van der Waals surface area (Å²) in [5.74, 6) is 1.56. The number of nitrogens with two attached hydrogens (primary N) is 1. The molecule has 1 aliphatic carbocycles. The van der Waals surface area contributed by atoms with Crippen molar-refractivity contribution >= 4 is 18.3 Å². The average Bonchev–Trinajstić information content (AvgIpc) is 2.46. The Labute approximate surface area is 123 Å². The van der Waals surface area contributed by atoms with Crippen molar-refractivity contribution in [3.05, 3.63) is 0 Å². The van der Waals surface area contributed by atoms with Gasteiger partial charge in [0.25, 0.3) is 0 Å². The van der Waals surface area contributed by atoms with E-state index in [1.807, 2.05) is 0 Å². The molecule has 1 unspecified atom stereocenters. The molecule has 1 aliphatic heterocycles. The molecule has 1 amide bonds. The number of hydrogen-bond acceptors (Lipinski definition) is 2. The summed E-state index contributed by atoms with van der Waals surface area (Å²) in [6, 6.07) is 0.315. The van der Waals surface area contributed by atoms with Crippen molar-refractivity contribution < 1.29 is 4.79 Å². The standard InChI is InChI=1S/C15H28N2O.ClH/c1-2-12-6-8-13(9-7-12)15(18)17-10-4-3-5-14(17)11-16;/h12-14H,2-11,16H2,1H3;1H. The van der Waals surface area contributed by atoms with Crippen LogP contribution in [0.25, 0.3) is 0 Å². The second-order valence-corrected chi connectivity index (χ2v) is 6.04. The predicted octanol–water partition coefficient (Wildman–Crippen LogP) is 2.96. The second kappa shape index (κ2) is 8.11. The Morgan fingerprint density at radius 1 is 1.16 bits per heavy atom. The van der Waals surface area contributed by atoms with Gasteiger partial charge in [0.15, 0.2) is 0 Å². The normalized spacial score (nSPS) is 31.7. The van der Waals surface area contributed by atoms with Crippen molar-refractivity contribution in [3.8, 4) is 0 Å². The topological polar surface area (TPSA) is 46.3 Å². The van der Waals surface area contributed by atoms with E-state index < -0.39 is 0 Å².